The van der Waals surface area contributed by atoms with Crippen LogP contribution in [0.5, 0.6) is 0 Å². The van der Waals surface area contributed by atoms with Crippen molar-refractivity contribution < 1.29 is 14.7 Å². The molecule has 1 fully saturated rings. The van der Waals surface area contributed by atoms with Crippen molar-refractivity contribution in [3.8, 4) is 0 Å². The van der Waals surface area contributed by atoms with Crippen LogP contribution in [0, 0.1) is 5.41 Å². The third-order valence-corrected chi connectivity index (χ3v) is 3.56. The van der Waals surface area contributed by atoms with Crippen molar-refractivity contribution in [1.29, 1.82) is 0 Å². The first kappa shape index (κ1) is 16.0. The summed E-state index contributed by atoms with van der Waals surface area (Å²) in [7, 11) is 0. The fourth-order valence-electron chi connectivity index (χ4n) is 2.16. The Bertz CT molecular complexity index is 316. The average molecular weight is 270 g/mol. The minimum Gasteiger partial charge on any atom is -0.396 e. The van der Waals surface area contributed by atoms with Crippen molar-refractivity contribution in [3.63, 3.8) is 0 Å². The van der Waals surface area contributed by atoms with Crippen molar-refractivity contribution >= 4 is 11.8 Å². The van der Waals surface area contributed by atoms with Crippen LogP contribution in [0.1, 0.15) is 46.0 Å². The van der Waals surface area contributed by atoms with Gasteiger partial charge < -0.3 is 15.3 Å². The molecule has 1 rings (SSSR count). The summed E-state index contributed by atoms with van der Waals surface area (Å²) >= 11 is 0. The predicted octanol–water partition coefficient (Wildman–Crippen LogP) is 0.914. The lowest BCUT2D eigenvalue weighted by Gasteiger charge is -2.25. The predicted molar refractivity (Wildman–Crippen MR) is 73.5 cm³/mol. The van der Waals surface area contributed by atoms with E-state index in [1.54, 1.807) is 4.90 Å². The van der Waals surface area contributed by atoms with Crippen LogP contribution >= 0.6 is 0 Å². The zero-order valence-electron chi connectivity index (χ0n) is 12.1. The maximum absolute atomic E-state index is 11.9. The Hall–Kier alpha value is -1.10. The van der Waals surface area contributed by atoms with Crippen LogP contribution in [-0.2, 0) is 9.59 Å². The van der Waals surface area contributed by atoms with E-state index in [1.165, 1.54) is 0 Å². The fraction of sp³-hybridized carbons (Fsp3) is 0.857. The highest BCUT2D eigenvalue weighted by atomic mass is 16.3. The van der Waals surface area contributed by atoms with Gasteiger partial charge in [0, 0.05) is 26.1 Å². The average Bonchev–Trinajstić information content (AvgIpc) is 2.53. The standard InChI is InChI=1S/C14H26N2O3/c1-14(2,7-9-17)11-15-12(18)10-16-8-5-3-4-6-13(16)19/h17H,3-11H2,1-2H3,(H,15,18). The second-order valence-electron chi connectivity index (χ2n) is 6.04. The lowest BCUT2D eigenvalue weighted by molar-refractivity contribution is -0.135. The largest absolute Gasteiger partial charge is 0.396 e. The molecule has 0 bridgehead atoms. The van der Waals surface area contributed by atoms with E-state index in [4.69, 9.17) is 5.11 Å². The number of carbonyl (C=O) groups excluding carboxylic acids is 2. The van der Waals surface area contributed by atoms with Crippen molar-refractivity contribution in [2.45, 2.75) is 46.0 Å². The van der Waals surface area contributed by atoms with Gasteiger partial charge in [-0.1, -0.05) is 20.3 Å². The maximum Gasteiger partial charge on any atom is 0.239 e. The molecule has 0 aromatic rings. The summed E-state index contributed by atoms with van der Waals surface area (Å²) < 4.78 is 0. The molecule has 1 aliphatic rings. The Balaban J connectivity index is 2.35. The number of likely N-dealkylation sites (tertiary alicyclic amines) is 1. The van der Waals surface area contributed by atoms with E-state index >= 15 is 0 Å². The Morgan fingerprint density at radius 1 is 1.37 bits per heavy atom. The Morgan fingerprint density at radius 2 is 2.11 bits per heavy atom. The molecular formula is C14H26N2O3. The number of aliphatic hydroxyl groups is 1. The molecule has 0 aromatic heterocycles. The van der Waals surface area contributed by atoms with E-state index in [0.717, 1.165) is 19.3 Å². The first-order chi connectivity index (χ1) is 8.94. The second-order valence-corrected chi connectivity index (χ2v) is 6.04. The van der Waals surface area contributed by atoms with Gasteiger partial charge >= 0.3 is 0 Å². The van der Waals surface area contributed by atoms with Gasteiger partial charge in [-0.05, 0) is 24.7 Å². The third kappa shape index (κ3) is 6.05. The van der Waals surface area contributed by atoms with Gasteiger partial charge in [0.25, 0.3) is 0 Å². The van der Waals surface area contributed by atoms with E-state index in [9.17, 15) is 9.59 Å². The molecule has 0 atom stereocenters. The number of rotatable bonds is 6. The fourth-order valence-corrected chi connectivity index (χ4v) is 2.16. The number of nitrogens with zero attached hydrogens (tertiary/aromatic N) is 1. The zero-order chi connectivity index (χ0) is 14.3. The van der Waals surface area contributed by atoms with Crippen molar-refractivity contribution in [3.05, 3.63) is 0 Å². The molecule has 5 nitrogen and oxygen atoms in total. The molecule has 0 unspecified atom stereocenters. The molecule has 19 heavy (non-hydrogen) atoms. The van der Waals surface area contributed by atoms with Gasteiger partial charge in [-0.15, -0.1) is 0 Å². The number of aliphatic hydroxyl groups excluding tert-OH is 1. The molecule has 0 spiro atoms. The van der Waals surface area contributed by atoms with Crippen LogP contribution < -0.4 is 5.32 Å². The zero-order valence-corrected chi connectivity index (χ0v) is 12.1. The SMILES string of the molecule is CC(C)(CCO)CNC(=O)CN1CCCCCC1=O. The van der Waals surface area contributed by atoms with Crippen LogP contribution in [-0.4, -0.2) is 48.1 Å². The highest BCUT2D eigenvalue weighted by Crippen LogP contribution is 2.18. The van der Waals surface area contributed by atoms with Gasteiger partial charge in [0.1, 0.15) is 0 Å². The Kier molecular flexibility index (Phi) is 6.28. The lowest BCUT2D eigenvalue weighted by Crippen LogP contribution is -2.43. The van der Waals surface area contributed by atoms with Crippen molar-refractivity contribution in [2.24, 2.45) is 5.41 Å². The summed E-state index contributed by atoms with van der Waals surface area (Å²) in [6.07, 6.45) is 4.18. The minimum absolute atomic E-state index is 0.0854. The molecule has 110 valence electrons. The van der Waals surface area contributed by atoms with E-state index in [-0.39, 0.29) is 30.4 Å². The van der Waals surface area contributed by atoms with E-state index in [2.05, 4.69) is 5.32 Å². The molecule has 5 heteroatoms. The smallest absolute Gasteiger partial charge is 0.239 e. The van der Waals surface area contributed by atoms with Gasteiger partial charge in [-0.3, -0.25) is 9.59 Å². The van der Waals surface area contributed by atoms with Crippen LogP contribution in [0.2, 0.25) is 0 Å². The molecule has 1 heterocycles. The summed E-state index contributed by atoms with van der Waals surface area (Å²) in [6, 6.07) is 0. The summed E-state index contributed by atoms with van der Waals surface area (Å²) in [5.74, 6) is -0.0245. The highest BCUT2D eigenvalue weighted by Gasteiger charge is 2.21. The highest BCUT2D eigenvalue weighted by molar-refractivity contribution is 5.84. The van der Waals surface area contributed by atoms with Crippen molar-refractivity contribution in [1.82, 2.24) is 10.2 Å². The summed E-state index contributed by atoms with van der Waals surface area (Å²) in [5, 5.41) is 11.8. The Morgan fingerprint density at radius 3 is 2.79 bits per heavy atom. The summed E-state index contributed by atoms with van der Waals surface area (Å²) in [4.78, 5) is 25.3. The second kappa shape index (κ2) is 7.48. The summed E-state index contributed by atoms with van der Waals surface area (Å²) in [6.45, 7) is 5.49. The first-order valence-electron chi connectivity index (χ1n) is 7.10. The van der Waals surface area contributed by atoms with Gasteiger partial charge in [-0.25, -0.2) is 0 Å². The van der Waals surface area contributed by atoms with Crippen LogP contribution in [0.15, 0.2) is 0 Å². The quantitative estimate of drug-likeness (QED) is 0.754. The van der Waals surface area contributed by atoms with E-state index in [0.29, 0.717) is 25.9 Å². The van der Waals surface area contributed by atoms with Gasteiger partial charge in [-0.2, -0.15) is 0 Å². The number of carbonyl (C=O) groups is 2. The molecule has 0 aliphatic carbocycles. The number of hydrogen-bond acceptors (Lipinski definition) is 3. The monoisotopic (exact) mass is 270 g/mol. The van der Waals surface area contributed by atoms with Gasteiger partial charge in [0.05, 0.1) is 6.54 Å². The van der Waals surface area contributed by atoms with E-state index in [1.807, 2.05) is 13.8 Å². The maximum atomic E-state index is 11.9. The molecule has 1 saturated heterocycles. The summed E-state index contributed by atoms with van der Waals surface area (Å²) in [5.41, 5.74) is -0.118. The minimum atomic E-state index is -0.118. The van der Waals surface area contributed by atoms with Gasteiger partial charge in [0.15, 0.2) is 0 Å². The lowest BCUT2D eigenvalue weighted by atomic mass is 9.90. The molecule has 0 saturated carbocycles. The number of hydrogen-bond donors (Lipinski definition) is 2. The van der Waals surface area contributed by atoms with Crippen LogP contribution in [0.25, 0.3) is 0 Å². The molecule has 2 N–H and O–H groups in total. The van der Waals surface area contributed by atoms with E-state index < -0.39 is 0 Å². The molecular weight excluding hydrogens is 244 g/mol. The molecule has 0 radical (unpaired) electrons. The molecule has 0 aromatic carbocycles. The van der Waals surface area contributed by atoms with Crippen molar-refractivity contribution in [2.75, 3.05) is 26.2 Å². The number of amides is 2. The number of nitrogens with one attached hydrogen (secondary N) is 1. The topological polar surface area (TPSA) is 69.6 Å². The normalized spacial score (nSPS) is 17.2. The molecule has 2 amide bonds. The van der Waals surface area contributed by atoms with Crippen LogP contribution in [0.4, 0.5) is 0 Å². The Labute approximate surface area is 115 Å². The first-order valence-corrected chi connectivity index (χ1v) is 7.10. The third-order valence-electron chi connectivity index (χ3n) is 3.56. The molecule has 1 aliphatic heterocycles. The van der Waals surface area contributed by atoms with Crippen LogP contribution in [0.3, 0.4) is 0 Å². The van der Waals surface area contributed by atoms with Gasteiger partial charge in [0.2, 0.25) is 11.8 Å².